The fraction of sp³-hybridized carbons (Fsp3) is 0.273. The van der Waals surface area contributed by atoms with Crippen molar-refractivity contribution < 1.29 is 28.7 Å². The number of carbonyl (C=O) groups is 4. The molecule has 8 nitrogen and oxygen atoms in total. The highest BCUT2D eigenvalue weighted by Gasteiger charge is 2.26. The molecule has 2 aromatic rings. The van der Waals surface area contributed by atoms with Gasteiger partial charge in [-0.15, -0.1) is 0 Å². The molecule has 0 atom stereocenters. The van der Waals surface area contributed by atoms with Crippen LogP contribution in [0.2, 0.25) is 0 Å². The van der Waals surface area contributed by atoms with Gasteiger partial charge in [-0.05, 0) is 56.3 Å². The number of Topliss-reactive ketones (excluding diaryl/α,β-unsaturated/α-hetero) is 1. The molecule has 2 amide bonds. The van der Waals surface area contributed by atoms with Crippen molar-refractivity contribution in [3.05, 3.63) is 53.6 Å². The summed E-state index contributed by atoms with van der Waals surface area (Å²) in [5, 5.41) is 2.73. The van der Waals surface area contributed by atoms with Crippen molar-refractivity contribution in [1.82, 2.24) is 0 Å². The van der Waals surface area contributed by atoms with E-state index in [2.05, 4.69) is 5.32 Å². The Hall–Kier alpha value is -3.68. The number of rotatable bonds is 7. The van der Waals surface area contributed by atoms with Crippen LogP contribution in [0.1, 0.15) is 41.0 Å². The van der Waals surface area contributed by atoms with Gasteiger partial charge in [-0.2, -0.15) is 0 Å². The van der Waals surface area contributed by atoms with Gasteiger partial charge in [0.2, 0.25) is 5.91 Å². The highest BCUT2D eigenvalue weighted by Crippen LogP contribution is 2.33. The van der Waals surface area contributed by atoms with E-state index in [9.17, 15) is 19.2 Å². The minimum absolute atomic E-state index is 0.0507. The van der Waals surface area contributed by atoms with E-state index in [1.54, 1.807) is 49.4 Å². The van der Waals surface area contributed by atoms with Gasteiger partial charge in [-0.25, -0.2) is 4.79 Å². The molecule has 1 aliphatic rings. The van der Waals surface area contributed by atoms with Gasteiger partial charge in [0.05, 0.1) is 17.9 Å². The molecule has 8 heteroatoms. The number of esters is 1. The van der Waals surface area contributed by atoms with E-state index in [1.807, 2.05) is 0 Å². The highest BCUT2D eigenvalue weighted by molar-refractivity contribution is 6.02. The van der Waals surface area contributed by atoms with Gasteiger partial charge in [0, 0.05) is 24.2 Å². The molecule has 1 N–H and O–H groups in total. The smallest absolute Gasteiger partial charge is 0.338 e. The van der Waals surface area contributed by atoms with Crippen molar-refractivity contribution in [3.63, 3.8) is 0 Å². The first-order chi connectivity index (χ1) is 14.4. The molecule has 0 aromatic heterocycles. The molecule has 1 aliphatic heterocycles. The molecule has 0 saturated carbocycles. The second-order valence-corrected chi connectivity index (χ2v) is 6.67. The Bertz CT molecular complexity index is 984. The molecule has 3 rings (SSSR count). The van der Waals surface area contributed by atoms with E-state index in [0.717, 1.165) is 0 Å². The summed E-state index contributed by atoms with van der Waals surface area (Å²) in [6.07, 6.45) is 0.0507. The summed E-state index contributed by atoms with van der Waals surface area (Å²) in [6, 6.07) is 11.2. The molecular weight excluding hydrogens is 388 g/mol. The fourth-order valence-electron chi connectivity index (χ4n) is 3.01. The van der Waals surface area contributed by atoms with E-state index < -0.39 is 5.97 Å². The molecule has 0 unspecified atom stereocenters. The van der Waals surface area contributed by atoms with Crippen LogP contribution in [0.3, 0.4) is 0 Å². The molecule has 0 fully saturated rings. The zero-order chi connectivity index (χ0) is 21.7. The van der Waals surface area contributed by atoms with E-state index in [0.29, 0.717) is 28.3 Å². The van der Waals surface area contributed by atoms with Gasteiger partial charge in [-0.3, -0.25) is 14.4 Å². The zero-order valence-corrected chi connectivity index (χ0v) is 16.8. The lowest BCUT2D eigenvalue weighted by molar-refractivity contribution is -0.121. The Balaban J connectivity index is 1.63. The Kier molecular flexibility index (Phi) is 6.46. The zero-order valence-electron chi connectivity index (χ0n) is 16.8. The number of ether oxygens (including phenoxy) is 2. The lowest BCUT2D eigenvalue weighted by Gasteiger charge is -2.29. The van der Waals surface area contributed by atoms with Crippen LogP contribution in [0.5, 0.6) is 5.75 Å². The van der Waals surface area contributed by atoms with Crippen LogP contribution in [0, 0.1) is 0 Å². The SMILES string of the molecule is CCOC(=O)c1ccc(NC(=O)CCN2C(=O)COc3ccc(C(C)=O)cc32)cc1. The van der Waals surface area contributed by atoms with Crippen molar-refractivity contribution in [2.45, 2.75) is 20.3 Å². The van der Waals surface area contributed by atoms with Crippen molar-refractivity contribution >= 4 is 34.9 Å². The summed E-state index contributed by atoms with van der Waals surface area (Å²) in [5.74, 6) is -0.628. The molecule has 0 bridgehead atoms. The van der Waals surface area contributed by atoms with Crippen molar-refractivity contribution in [1.29, 1.82) is 0 Å². The largest absolute Gasteiger partial charge is 0.482 e. The summed E-state index contributed by atoms with van der Waals surface area (Å²) in [6.45, 7) is 3.48. The number of ketones is 1. The first-order valence-electron chi connectivity index (χ1n) is 9.54. The highest BCUT2D eigenvalue weighted by atomic mass is 16.5. The van der Waals surface area contributed by atoms with Crippen LogP contribution >= 0.6 is 0 Å². The van der Waals surface area contributed by atoms with Crippen LogP contribution in [0.15, 0.2) is 42.5 Å². The monoisotopic (exact) mass is 410 g/mol. The van der Waals surface area contributed by atoms with E-state index in [4.69, 9.17) is 9.47 Å². The number of hydrogen-bond donors (Lipinski definition) is 1. The third kappa shape index (κ3) is 4.83. The summed E-state index contributed by atoms with van der Waals surface area (Å²) in [4.78, 5) is 49.4. The molecule has 0 radical (unpaired) electrons. The van der Waals surface area contributed by atoms with Crippen LogP contribution in [0.4, 0.5) is 11.4 Å². The molecule has 0 spiro atoms. The summed E-state index contributed by atoms with van der Waals surface area (Å²) in [7, 11) is 0. The Morgan fingerprint density at radius 3 is 2.47 bits per heavy atom. The Labute approximate surface area is 173 Å². The van der Waals surface area contributed by atoms with Gasteiger partial charge in [0.15, 0.2) is 12.4 Å². The number of fused-ring (bicyclic) bond motifs is 1. The molecule has 2 aromatic carbocycles. The maximum absolute atomic E-state index is 12.3. The lowest BCUT2D eigenvalue weighted by Crippen LogP contribution is -2.40. The Morgan fingerprint density at radius 1 is 1.10 bits per heavy atom. The second-order valence-electron chi connectivity index (χ2n) is 6.67. The summed E-state index contributed by atoms with van der Waals surface area (Å²) >= 11 is 0. The lowest BCUT2D eigenvalue weighted by atomic mass is 10.1. The number of nitrogens with zero attached hydrogens (tertiary/aromatic N) is 1. The van der Waals surface area contributed by atoms with Gasteiger partial charge >= 0.3 is 5.97 Å². The van der Waals surface area contributed by atoms with E-state index >= 15 is 0 Å². The number of anilines is 2. The normalized spacial score (nSPS) is 12.6. The summed E-state index contributed by atoms with van der Waals surface area (Å²) in [5.41, 5.74) is 1.86. The van der Waals surface area contributed by atoms with E-state index in [1.165, 1.54) is 11.8 Å². The molecule has 30 heavy (non-hydrogen) atoms. The molecule has 1 heterocycles. The van der Waals surface area contributed by atoms with Gasteiger partial charge in [0.25, 0.3) is 5.91 Å². The predicted octanol–water partition coefficient (Wildman–Crippen LogP) is 2.82. The quantitative estimate of drug-likeness (QED) is 0.556. The molecule has 0 aliphatic carbocycles. The number of benzene rings is 2. The maximum atomic E-state index is 12.3. The topological polar surface area (TPSA) is 102 Å². The average Bonchev–Trinajstić information content (AvgIpc) is 2.73. The minimum atomic E-state index is -0.426. The van der Waals surface area contributed by atoms with Crippen molar-refractivity contribution in [2.75, 3.05) is 30.0 Å². The van der Waals surface area contributed by atoms with Gasteiger partial charge in [-0.1, -0.05) is 0 Å². The number of carbonyl (C=O) groups excluding carboxylic acids is 4. The minimum Gasteiger partial charge on any atom is -0.482 e. The standard InChI is InChI=1S/C22H22N2O6/c1-3-29-22(28)15-4-7-17(8-5-15)23-20(26)10-11-24-18-12-16(14(2)25)6-9-19(18)30-13-21(24)27/h4-9,12H,3,10-11,13H2,1-2H3,(H,23,26). The third-order valence-electron chi connectivity index (χ3n) is 4.55. The van der Waals surface area contributed by atoms with E-state index in [-0.39, 0.29) is 43.8 Å². The average molecular weight is 410 g/mol. The first kappa shape index (κ1) is 21.0. The van der Waals surface area contributed by atoms with Crippen LogP contribution < -0.4 is 15.0 Å². The fourth-order valence-corrected chi connectivity index (χ4v) is 3.01. The van der Waals surface area contributed by atoms with Crippen LogP contribution in [-0.2, 0) is 14.3 Å². The Morgan fingerprint density at radius 2 is 1.80 bits per heavy atom. The third-order valence-corrected chi connectivity index (χ3v) is 4.55. The number of hydrogen-bond acceptors (Lipinski definition) is 6. The molecule has 156 valence electrons. The maximum Gasteiger partial charge on any atom is 0.338 e. The van der Waals surface area contributed by atoms with Crippen LogP contribution in [-0.4, -0.2) is 43.3 Å². The van der Waals surface area contributed by atoms with Crippen LogP contribution in [0.25, 0.3) is 0 Å². The predicted molar refractivity (Wildman–Crippen MR) is 110 cm³/mol. The summed E-state index contributed by atoms with van der Waals surface area (Å²) < 4.78 is 10.3. The second kappa shape index (κ2) is 9.21. The van der Waals surface area contributed by atoms with Crippen molar-refractivity contribution in [2.24, 2.45) is 0 Å². The number of nitrogens with one attached hydrogen (secondary N) is 1. The van der Waals surface area contributed by atoms with Gasteiger partial charge in [0.1, 0.15) is 5.75 Å². The van der Waals surface area contributed by atoms with Gasteiger partial charge < -0.3 is 19.7 Å². The molecule has 0 saturated heterocycles. The number of amides is 2. The van der Waals surface area contributed by atoms with Crippen molar-refractivity contribution in [3.8, 4) is 5.75 Å². The molecular formula is C22H22N2O6. The first-order valence-corrected chi connectivity index (χ1v) is 9.54.